The minimum atomic E-state index is -1.85. The van der Waals surface area contributed by atoms with Gasteiger partial charge in [-0.1, -0.05) is 12.1 Å². The van der Waals surface area contributed by atoms with E-state index in [4.69, 9.17) is 16.6 Å². The molecule has 1 heterocycles. The number of nitrogens with zero attached hydrogens (tertiary/aromatic N) is 1. The predicted octanol–water partition coefficient (Wildman–Crippen LogP) is -2.88. The summed E-state index contributed by atoms with van der Waals surface area (Å²) < 4.78 is 0. The molecule has 11 N–H and O–H groups in total. The van der Waals surface area contributed by atoms with Crippen molar-refractivity contribution < 1.29 is 44.1 Å². The number of nitrogens with two attached hydrogens (primary N) is 2. The third-order valence-corrected chi connectivity index (χ3v) is 5.37. The van der Waals surface area contributed by atoms with E-state index in [2.05, 4.69) is 20.6 Å². The van der Waals surface area contributed by atoms with Gasteiger partial charge in [-0.15, -0.1) is 0 Å². The third-order valence-electron chi connectivity index (χ3n) is 5.37. The normalized spacial score (nSPS) is 13.8. The van der Waals surface area contributed by atoms with E-state index >= 15 is 0 Å². The molecule has 0 aliphatic carbocycles. The SMILES string of the molecule is NC(=O)CC(NC(=O)C(Cc1cnc[nH]1)NC(=O)C(N)Cc1ccc(O)cc1)C(=O)NC(CC(=O)O)C(=O)O. The Kier molecular flexibility index (Phi) is 10.9. The number of amides is 4. The molecule has 0 aliphatic rings. The number of aromatic nitrogens is 2. The van der Waals surface area contributed by atoms with Crippen LogP contribution in [-0.4, -0.2) is 85.0 Å². The number of aliphatic carboxylic acids is 2. The van der Waals surface area contributed by atoms with Crippen LogP contribution < -0.4 is 27.4 Å². The van der Waals surface area contributed by atoms with Crippen LogP contribution in [0.2, 0.25) is 0 Å². The van der Waals surface area contributed by atoms with Crippen molar-refractivity contribution in [2.24, 2.45) is 11.5 Å². The number of aromatic hydroxyl groups is 1. The monoisotopic (exact) mass is 547 g/mol. The van der Waals surface area contributed by atoms with Gasteiger partial charge in [0.25, 0.3) is 0 Å². The summed E-state index contributed by atoms with van der Waals surface area (Å²) in [6, 6.07) is 0.00842. The molecule has 1 aromatic heterocycles. The number of phenolic OH excluding ortho intramolecular Hbond substituents is 1. The molecule has 2 rings (SSSR count). The van der Waals surface area contributed by atoms with Crippen molar-refractivity contribution in [1.82, 2.24) is 25.9 Å². The molecule has 16 nitrogen and oxygen atoms in total. The molecule has 16 heteroatoms. The lowest BCUT2D eigenvalue weighted by molar-refractivity contribution is -0.147. The summed E-state index contributed by atoms with van der Waals surface area (Å²) in [5, 5.41) is 34.1. The molecular weight excluding hydrogens is 518 g/mol. The number of imidazole rings is 1. The van der Waals surface area contributed by atoms with Gasteiger partial charge in [-0.25, -0.2) is 9.78 Å². The third kappa shape index (κ3) is 10.1. The second-order valence-corrected chi connectivity index (χ2v) is 8.55. The number of benzene rings is 1. The number of carbonyl (C=O) groups is 6. The van der Waals surface area contributed by atoms with E-state index in [1.807, 2.05) is 5.32 Å². The molecule has 0 saturated heterocycles. The highest BCUT2D eigenvalue weighted by atomic mass is 16.4. The van der Waals surface area contributed by atoms with Gasteiger partial charge in [0.2, 0.25) is 23.6 Å². The molecule has 2 aromatic rings. The fraction of sp³-hybridized carbons (Fsp3) is 0.348. The second-order valence-electron chi connectivity index (χ2n) is 8.55. The molecule has 210 valence electrons. The molecule has 39 heavy (non-hydrogen) atoms. The molecule has 0 aliphatic heterocycles. The molecule has 0 radical (unpaired) electrons. The number of primary amides is 1. The minimum Gasteiger partial charge on any atom is -0.508 e. The summed E-state index contributed by atoms with van der Waals surface area (Å²) in [7, 11) is 0. The molecule has 1 aromatic carbocycles. The summed E-state index contributed by atoms with van der Waals surface area (Å²) >= 11 is 0. The first-order chi connectivity index (χ1) is 18.3. The van der Waals surface area contributed by atoms with Crippen molar-refractivity contribution in [2.45, 2.75) is 49.9 Å². The lowest BCUT2D eigenvalue weighted by Gasteiger charge is -2.24. The highest BCUT2D eigenvalue weighted by molar-refractivity contribution is 5.96. The number of nitrogens with one attached hydrogen (secondary N) is 4. The van der Waals surface area contributed by atoms with E-state index in [9.17, 15) is 39.0 Å². The van der Waals surface area contributed by atoms with Crippen molar-refractivity contribution in [2.75, 3.05) is 0 Å². The number of carbonyl (C=O) groups excluding carboxylic acids is 4. The summed E-state index contributed by atoms with van der Waals surface area (Å²) in [4.78, 5) is 79.0. The number of hydrogen-bond acceptors (Lipinski definition) is 9. The minimum absolute atomic E-state index is 0.0280. The summed E-state index contributed by atoms with van der Waals surface area (Å²) in [5.41, 5.74) is 12.2. The molecule has 0 spiro atoms. The first kappa shape index (κ1) is 30.2. The fourth-order valence-corrected chi connectivity index (χ4v) is 3.41. The van der Waals surface area contributed by atoms with Crippen molar-refractivity contribution >= 4 is 35.6 Å². The number of rotatable bonds is 15. The fourth-order valence-electron chi connectivity index (χ4n) is 3.41. The predicted molar refractivity (Wildman–Crippen MR) is 132 cm³/mol. The molecule has 4 unspecified atom stereocenters. The quantitative estimate of drug-likeness (QED) is 0.109. The Labute approximate surface area is 221 Å². The smallest absolute Gasteiger partial charge is 0.326 e. The van der Waals surface area contributed by atoms with Gasteiger partial charge in [-0.05, 0) is 24.1 Å². The van der Waals surface area contributed by atoms with E-state index in [0.717, 1.165) is 0 Å². The van der Waals surface area contributed by atoms with Crippen molar-refractivity contribution in [1.29, 1.82) is 0 Å². The van der Waals surface area contributed by atoms with Crippen LogP contribution in [0, 0.1) is 0 Å². The van der Waals surface area contributed by atoms with Crippen molar-refractivity contribution in [3.05, 3.63) is 48.0 Å². The van der Waals surface area contributed by atoms with Gasteiger partial charge in [-0.2, -0.15) is 0 Å². The summed E-state index contributed by atoms with van der Waals surface area (Å²) in [6.45, 7) is 0. The first-order valence-electron chi connectivity index (χ1n) is 11.5. The molecule has 4 atom stereocenters. The maximum atomic E-state index is 13.1. The van der Waals surface area contributed by atoms with Gasteiger partial charge in [0.15, 0.2) is 0 Å². The summed E-state index contributed by atoms with van der Waals surface area (Å²) in [6.07, 6.45) is 0.945. The second kappa shape index (κ2) is 14.1. The number of carboxylic acid groups (broad SMARTS) is 2. The van der Waals surface area contributed by atoms with Gasteiger partial charge in [0.1, 0.15) is 23.9 Å². The highest BCUT2D eigenvalue weighted by Gasteiger charge is 2.32. The zero-order valence-corrected chi connectivity index (χ0v) is 20.5. The van der Waals surface area contributed by atoms with Gasteiger partial charge in [-0.3, -0.25) is 24.0 Å². The van der Waals surface area contributed by atoms with Crippen LogP contribution in [-0.2, 0) is 41.6 Å². The number of carboxylic acids is 2. The largest absolute Gasteiger partial charge is 0.508 e. The van der Waals surface area contributed by atoms with Crippen LogP contribution in [0.1, 0.15) is 24.1 Å². The lowest BCUT2D eigenvalue weighted by atomic mass is 10.0. The average molecular weight is 548 g/mol. The number of aromatic amines is 1. The zero-order chi connectivity index (χ0) is 29.1. The van der Waals surface area contributed by atoms with Gasteiger partial charge in [0.05, 0.1) is 25.2 Å². The van der Waals surface area contributed by atoms with Crippen molar-refractivity contribution in [3.63, 3.8) is 0 Å². The number of hydrogen-bond donors (Lipinski definition) is 9. The standard InChI is InChI=1S/C23H29N7O9/c24-14(5-11-1-3-13(31)4-2-11)20(35)28-15(6-12-9-26-10-27-12)21(36)29-16(7-18(25)32)22(37)30-17(23(38)39)8-19(33)34/h1-4,9-10,14-17,31H,5-8,24H2,(H2,25,32)(H,26,27)(H,28,35)(H,29,36)(H,30,37)(H,33,34)(H,38,39). The zero-order valence-electron chi connectivity index (χ0n) is 20.5. The van der Waals surface area contributed by atoms with E-state index in [1.54, 1.807) is 12.1 Å². The van der Waals surface area contributed by atoms with Crippen LogP contribution in [0.15, 0.2) is 36.8 Å². The first-order valence-corrected chi connectivity index (χ1v) is 11.5. The topological polar surface area (TPSA) is 280 Å². The Hall–Kier alpha value is -4.99. The highest BCUT2D eigenvalue weighted by Crippen LogP contribution is 2.11. The molecule has 0 saturated carbocycles. The van der Waals surface area contributed by atoms with Crippen LogP contribution in [0.4, 0.5) is 0 Å². The van der Waals surface area contributed by atoms with Gasteiger partial charge < -0.3 is 47.7 Å². The molecule has 0 bridgehead atoms. The van der Waals surface area contributed by atoms with E-state index in [1.165, 1.54) is 24.7 Å². The van der Waals surface area contributed by atoms with Crippen LogP contribution in [0.3, 0.4) is 0 Å². The van der Waals surface area contributed by atoms with E-state index in [-0.39, 0.29) is 18.6 Å². The van der Waals surface area contributed by atoms with Crippen LogP contribution >= 0.6 is 0 Å². The van der Waals surface area contributed by atoms with Crippen molar-refractivity contribution in [3.8, 4) is 5.75 Å². The van der Waals surface area contributed by atoms with Gasteiger partial charge in [0, 0.05) is 18.3 Å². The number of H-pyrrole nitrogens is 1. The van der Waals surface area contributed by atoms with Crippen LogP contribution in [0.5, 0.6) is 5.75 Å². The van der Waals surface area contributed by atoms with Crippen LogP contribution in [0.25, 0.3) is 0 Å². The number of phenols is 1. The van der Waals surface area contributed by atoms with Gasteiger partial charge >= 0.3 is 11.9 Å². The maximum Gasteiger partial charge on any atom is 0.326 e. The Morgan fingerprint density at radius 3 is 1.97 bits per heavy atom. The molecule has 0 fully saturated rings. The maximum absolute atomic E-state index is 13.1. The van der Waals surface area contributed by atoms with E-state index in [0.29, 0.717) is 11.3 Å². The summed E-state index contributed by atoms with van der Waals surface area (Å²) in [5.74, 6) is -7.00. The van der Waals surface area contributed by atoms with E-state index < -0.39 is 72.6 Å². The Morgan fingerprint density at radius 1 is 0.846 bits per heavy atom. The average Bonchev–Trinajstić information content (AvgIpc) is 3.36. The molecule has 4 amide bonds. The Bertz CT molecular complexity index is 1190. The lowest BCUT2D eigenvalue weighted by Crippen LogP contribution is -2.58. The Balaban J connectivity index is 2.18. The molecular formula is C23H29N7O9. The Morgan fingerprint density at radius 2 is 1.44 bits per heavy atom.